The molecule has 0 aromatic carbocycles. The van der Waals surface area contributed by atoms with E-state index in [0.29, 0.717) is 11.9 Å². The molecule has 1 heterocycles. The quantitative estimate of drug-likeness (QED) is 0.849. The predicted molar refractivity (Wildman–Crippen MR) is 78.4 cm³/mol. The summed E-state index contributed by atoms with van der Waals surface area (Å²) in [6.07, 6.45) is 10.5. The number of hydrogen-bond donors (Lipinski definition) is 1. The normalized spacial score (nSPS) is 23.9. The highest BCUT2D eigenvalue weighted by Crippen LogP contribution is 2.23. The number of hydrogen-bond acceptors (Lipinski definition) is 3. The van der Waals surface area contributed by atoms with E-state index in [1.54, 1.807) is 17.0 Å². The first-order valence-electron chi connectivity index (χ1n) is 7.52. The third-order valence-corrected chi connectivity index (χ3v) is 3.98. The minimum Gasteiger partial charge on any atom is -0.363 e. The van der Waals surface area contributed by atoms with Gasteiger partial charge in [-0.2, -0.15) is 0 Å². The molecule has 0 bridgehead atoms. The van der Waals surface area contributed by atoms with Gasteiger partial charge in [0.25, 0.3) is 5.56 Å². The standard InChI is InChI=1S/C15H25N3O/c1-3-10-18-11-9-16-14(15(18)19)17-13-6-4-5-12(2)7-8-13/h9,11-13H,3-8,10H2,1-2H3,(H,16,17). The lowest BCUT2D eigenvalue weighted by Gasteiger charge is -2.17. The van der Waals surface area contributed by atoms with Crippen LogP contribution in [0.4, 0.5) is 5.82 Å². The van der Waals surface area contributed by atoms with Crippen LogP contribution in [0.3, 0.4) is 0 Å². The second kappa shape index (κ2) is 6.73. The van der Waals surface area contributed by atoms with E-state index in [1.165, 1.54) is 19.3 Å². The summed E-state index contributed by atoms with van der Waals surface area (Å²) < 4.78 is 1.74. The van der Waals surface area contributed by atoms with Crippen molar-refractivity contribution in [2.24, 2.45) is 5.92 Å². The van der Waals surface area contributed by atoms with Crippen molar-refractivity contribution >= 4 is 5.82 Å². The fraction of sp³-hybridized carbons (Fsp3) is 0.733. The van der Waals surface area contributed by atoms with Gasteiger partial charge in [0.05, 0.1) is 0 Å². The van der Waals surface area contributed by atoms with Gasteiger partial charge in [-0.05, 0) is 31.6 Å². The van der Waals surface area contributed by atoms with Crippen molar-refractivity contribution in [3.8, 4) is 0 Å². The Morgan fingerprint density at radius 1 is 1.37 bits per heavy atom. The van der Waals surface area contributed by atoms with Crippen molar-refractivity contribution in [3.63, 3.8) is 0 Å². The Morgan fingerprint density at radius 3 is 3.00 bits per heavy atom. The van der Waals surface area contributed by atoms with E-state index >= 15 is 0 Å². The average molecular weight is 263 g/mol. The molecule has 1 fully saturated rings. The minimum atomic E-state index is 0.0154. The molecule has 2 rings (SSSR count). The van der Waals surface area contributed by atoms with Crippen LogP contribution in [0.2, 0.25) is 0 Å². The third-order valence-electron chi connectivity index (χ3n) is 3.98. The lowest BCUT2D eigenvalue weighted by atomic mass is 10.0. The maximum atomic E-state index is 12.2. The van der Waals surface area contributed by atoms with Crippen LogP contribution < -0.4 is 10.9 Å². The summed E-state index contributed by atoms with van der Waals surface area (Å²) >= 11 is 0. The molecule has 1 aliphatic rings. The van der Waals surface area contributed by atoms with Gasteiger partial charge in [-0.25, -0.2) is 4.98 Å². The van der Waals surface area contributed by atoms with Gasteiger partial charge in [-0.15, -0.1) is 0 Å². The number of aryl methyl sites for hydroxylation is 1. The molecule has 0 amide bonds. The molecule has 1 N–H and O–H groups in total. The lowest BCUT2D eigenvalue weighted by Crippen LogP contribution is -2.29. The van der Waals surface area contributed by atoms with Gasteiger partial charge in [-0.3, -0.25) is 4.79 Å². The first kappa shape index (κ1) is 14.1. The molecule has 2 unspecified atom stereocenters. The van der Waals surface area contributed by atoms with Crippen LogP contribution in [0.1, 0.15) is 52.4 Å². The Bertz CT molecular complexity index is 455. The first-order valence-corrected chi connectivity index (χ1v) is 7.52. The minimum absolute atomic E-state index is 0.0154. The number of aromatic nitrogens is 2. The van der Waals surface area contributed by atoms with Gasteiger partial charge in [0, 0.05) is 25.0 Å². The average Bonchev–Trinajstić information content (AvgIpc) is 2.60. The summed E-state index contributed by atoms with van der Waals surface area (Å²) in [5.74, 6) is 1.34. The highest BCUT2D eigenvalue weighted by Gasteiger charge is 2.17. The maximum absolute atomic E-state index is 12.2. The number of nitrogens with zero attached hydrogens (tertiary/aromatic N) is 2. The van der Waals surface area contributed by atoms with Crippen LogP contribution >= 0.6 is 0 Å². The zero-order valence-corrected chi connectivity index (χ0v) is 12.1. The summed E-state index contributed by atoms with van der Waals surface area (Å²) in [6.45, 7) is 5.15. The van der Waals surface area contributed by atoms with Crippen LogP contribution in [0.15, 0.2) is 17.2 Å². The molecule has 1 aliphatic carbocycles. The van der Waals surface area contributed by atoms with Gasteiger partial charge < -0.3 is 9.88 Å². The largest absolute Gasteiger partial charge is 0.363 e. The van der Waals surface area contributed by atoms with E-state index < -0.39 is 0 Å². The fourth-order valence-corrected chi connectivity index (χ4v) is 2.79. The van der Waals surface area contributed by atoms with Gasteiger partial charge in [0.1, 0.15) is 0 Å². The molecule has 0 aliphatic heterocycles. The second-order valence-corrected chi connectivity index (χ2v) is 5.73. The Balaban J connectivity index is 2.06. The van der Waals surface area contributed by atoms with Crippen molar-refractivity contribution in [1.29, 1.82) is 0 Å². The maximum Gasteiger partial charge on any atom is 0.293 e. The molecule has 1 aromatic rings. The first-order chi connectivity index (χ1) is 9.20. The van der Waals surface area contributed by atoms with Gasteiger partial charge in [0.15, 0.2) is 5.82 Å². The van der Waals surface area contributed by atoms with Crippen LogP contribution in [-0.2, 0) is 6.54 Å². The van der Waals surface area contributed by atoms with Crippen molar-refractivity contribution in [3.05, 3.63) is 22.7 Å². The monoisotopic (exact) mass is 263 g/mol. The molecule has 4 heteroatoms. The second-order valence-electron chi connectivity index (χ2n) is 5.73. The highest BCUT2D eigenvalue weighted by atomic mass is 16.1. The van der Waals surface area contributed by atoms with Crippen molar-refractivity contribution in [2.75, 3.05) is 5.32 Å². The molecule has 0 spiro atoms. The van der Waals surface area contributed by atoms with Gasteiger partial charge in [-0.1, -0.05) is 26.7 Å². The topological polar surface area (TPSA) is 46.9 Å². The van der Waals surface area contributed by atoms with E-state index in [4.69, 9.17) is 0 Å². The smallest absolute Gasteiger partial charge is 0.293 e. The zero-order chi connectivity index (χ0) is 13.7. The molecule has 2 atom stereocenters. The van der Waals surface area contributed by atoms with E-state index in [0.717, 1.165) is 31.7 Å². The summed E-state index contributed by atoms with van der Waals surface area (Å²) in [6, 6.07) is 0.405. The molecular weight excluding hydrogens is 238 g/mol. The van der Waals surface area contributed by atoms with Crippen molar-refractivity contribution in [1.82, 2.24) is 9.55 Å². The Labute approximate surface area is 115 Å². The number of nitrogens with one attached hydrogen (secondary N) is 1. The fourth-order valence-electron chi connectivity index (χ4n) is 2.79. The summed E-state index contributed by atoms with van der Waals surface area (Å²) in [5, 5.41) is 3.36. The van der Waals surface area contributed by atoms with E-state index in [2.05, 4.69) is 24.1 Å². The SMILES string of the molecule is CCCn1ccnc(NC2CCCC(C)CC2)c1=O. The molecular formula is C15H25N3O. The molecule has 4 nitrogen and oxygen atoms in total. The summed E-state index contributed by atoms with van der Waals surface area (Å²) in [5.41, 5.74) is 0.0154. The van der Waals surface area contributed by atoms with Crippen LogP contribution in [-0.4, -0.2) is 15.6 Å². The third kappa shape index (κ3) is 3.82. The Kier molecular flexibility index (Phi) is 5.00. The number of rotatable bonds is 4. The number of anilines is 1. The Hall–Kier alpha value is -1.32. The van der Waals surface area contributed by atoms with Crippen LogP contribution in [0.25, 0.3) is 0 Å². The van der Waals surface area contributed by atoms with Gasteiger partial charge >= 0.3 is 0 Å². The molecule has 19 heavy (non-hydrogen) atoms. The van der Waals surface area contributed by atoms with E-state index in [1.807, 2.05) is 0 Å². The Morgan fingerprint density at radius 2 is 2.21 bits per heavy atom. The highest BCUT2D eigenvalue weighted by molar-refractivity contribution is 5.32. The van der Waals surface area contributed by atoms with E-state index in [9.17, 15) is 4.79 Å². The van der Waals surface area contributed by atoms with Crippen LogP contribution in [0, 0.1) is 5.92 Å². The molecule has 106 valence electrons. The van der Waals surface area contributed by atoms with Crippen molar-refractivity contribution in [2.45, 2.75) is 65.0 Å². The zero-order valence-electron chi connectivity index (χ0n) is 12.1. The molecule has 1 saturated carbocycles. The summed E-state index contributed by atoms with van der Waals surface area (Å²) in [4.78, 5) is 16.4. The van der Waals surface area contributed by atoms with E-state index in [-0.39, 0.29) is 5.56 Å². The molecule has 0 radical (unpaired) electrons. The molecule has 0 saturated heterocycles. The van der Waals surface area contributed by atoms with Crippen LogP contribution in [0.5, 0.6) is 0 Å². The lowest BCUT2D eigenvalue weighted by molar-refractivity contribution is 0.501. The predicted octanol–water partition coefficient (Wildman–Crippen LogP) is 3.03. The summed E-state index contributed by atoms with van der Waals surface area (Å²) in [7, 11) is 0. The van der Waals surface area contributed by atoms with Gasteiger partial charge in [0.2, 0.25) is 0 Å². The molecule has 1 aromatic heterocycles. The van der Waals surface area contributed by atoms with Crippen molar-refractivity contribution < 1.29 is 0 Å².